The number of benzene rings is 1. The lowest BCUT2D eigenvalue weighted by Gasteiger charge is -2.23. The third kappa shape index (κ3) is 4.58. The Morgan fingerprint density at radius 1 is 1.16 bits per heavy atom. The highest BCUT2D eigenvalue weighted by molar-refractivity contribution is 5.77. The van der Waals surface area contributed by atoms with Crippen molar-refractivity contribution in [3.05, 3.63) is 30.3 Å². The van der Waals surface area contributed by atoms with E-state index < -0.39 is 0 Å². The molecule has 0 saturated carbocycles. The molecule has 1 aliphatic rings. The Hall–Kier alpha value is -1.51. The highest BCUT2D eigenvalue weighted by Gasteiger charge is 2.17. The molecule has 1 N–H and O–H groups in total. The Morgan fingerprint density at radius 3 is 2.42 bits per heavy atom. The molecule has 1 saturated heterocycles. The number of rotatable bonds is 4. The molecule has 0 aromatic heterocycles. The molecule has 104 valence electrons. The van der Waals surface area contributed by atoms with Gasteiger partial charge in [-0.2, -0.15) is 0 Å². The molecule has 0 aliphatic carbocycles. The van der Waals surface area contributed by atoms with Crippen LogP contribution in [0.3, 0.4) is 0 Å². The van der Waals surface area contributed by atoms with Crippen LogP contribution < -0.4 is 5.32 Å². The van der Waals surface area contributed by atoms with E-state index in [9.17, 15) is 4.79 Å². The molecule has 1 aromatic carbocycles. The van der Waals surface area contributed by atoms with E-state index in [4.69, 9.17) is 0 Å². The van der Waals surface area contributed by atoms with Gasteiger partial charge < -0.3 is 10.2 Å². The minimum Gasteiger partial charge on any atom is -0.382 e. The molecule has 1 amide bonds. The summed E-state index contributed by atoms with van der Waals surface area (Å²) in [5.74, 6) is 0.290. The van der Waals surface area contributed by atoms with Crippen LogP contribution in [-0.4, -0.2) is 29.9 Å². The number of hydrogen-bond donors (Lipinski definition) is 1. The monoisotopic (exact) mass is 260 g/mol. The van der Waals surface area contributed by atoms with Gasteiger partial charge in [0, 0.05) is 31.2 Å². The van der Waals surface area contributed by atoms with E-state index in [1.807, 2.05) is 35.2 Å². The van der Waals surface area contributed by atoms with E-state index in [1.165, 1.54) is 12.8 Å². The average Bonchev–Trinajstić information content (AvgIpc) is 2.68. The zero-order valence-electron chi connectivity index (χ0n) is 11.8. The minimum absolute atomic E-state index is 0.179. The SMILES string of the molecule is C[C@@H](CC(=O)N1CCCCCC1)Nc1ccccc1. The molecule has 1 heterocycles. The lowest BCUT2D eigenvalue weighted by molar-refractivity contribution is -0.131. The Kier molecular flexibility index (Phi) is 5.25. The van der Waals surface area contributed by atoms with Gasteiger partial charge in [0.25, 0.3) is 0 Å². The zero-order chi connectivity index (χ0) is 13.5. The molecule has 3 heteroatoms. The van der Waals surface area contributed by atoms with Crippen molar-refractivity contribution in [3.63, 3.8) is 0 Å². The van der Waals surface area contributed by atoms with Crippen LogP contribution in [-0.2, 0) is 4.79 Å². The molecular weight excluding hydrogens is 236 g/mol. The summed E-state index contributed by atoms with van der Waals surface area (Å²) in [7, 11) is 0. The highest BCUT2D eigenvalue weighted by atomic mass is 16.2. The Balaban J connectivity index is 1.80. The number of anilines is 1. The van der Waals surface area contributed by atoms with Gasteiger partial charge in [0.05, 0.1) is 0 Å². The van der Waals surface area contributed by atoms with Crippen molar-refractivity contribution >= 4 is 11.6 Å². The summed E-state index contributed by atoms with van der Waals surface area (Å²) in [4.78, 5) is 14.3. The quantitative estimate of drug-likeness (QED) is 0.901. The third-order valence-corrected chi connectivity index (χ3v) is 3.63. The fourth-order valence-electron chi connectivity index (χ4n) is 2.58. The summed E-state index contributed by atoms with van der Waals surface area (Å²) in [6.45, 7) is 3.95. The van der Waals surface area contributed by atoms with Gasteiger partial charge >= 0.3 is 0 Å². The van der Waals surface area contributed by atoms with Crippen LogP contribution in [0.25, 0.3) is 0 Å². The van der Waals surface area contributed by atoms with Crippen molar-refractivity contribution in [1.82, 2.24) is 4.90 Å². The molecule has 0 bridgehead atoms. The molecule has 2 rings (SSSR count). The van der Waals surface area contributed by atoms with Gasteiger partial charge in [-0.3, -0.25) is 4.79 Å². The van der Waals surface area contributed by atoms with E-state index in [0.717, 1.165) is 31.6 Å². The highest BCUT2D eigenvalue weighted by Crippen LogP contribution is 2.13. The van der Waals surface area contributed by atoms with Crippen molar-refractivity contribution in [1.29, 1.82) is 0 Å². The summed E-state index contributed by atoms with van der Waals surface area (Å²) < 4.78 is 0. The predicted molar refractivity (Wildman–Crippen MR) is 79.2 cm³/mol. The lowest BCUT2D eigenvalue weighted by atomic mass is 10.2. The van der Waals surface area contributed by atoms with Gasteiger partial charge in [-0.25, -0.2) is 0 Å². The molecule has 0 spiro atoms. The first-order valence-corrected chi connectivity index (χ1v) is 7.35. The summed E-state index contributed by atoms with van der Waals surface area (Å²) in [5, 5.41) is 3.38. The minimum atomic E-state index is 0.179. The molecule has 1 aliphatic heterocycles. The number of para-hydroxylation sites is 1. The van der Waals surface area contributed by atoms with Gasteiger partial charge in [-0.05, 0) is 31.9 Å². The van der Waals surface area contributed by atoms with Crippen molar-refractivity contribution in [2.24, 2.45) is 0 Å². The first-order valence-electron chi connectivity index (χ1n) is 7.35. The number of carbonyl (C=O) groups excluding carboxylic acids is 1. The van der Waals surface area contributed by atoms with E-state index >= 15 is 0 Å². The van der Waals surface area contributed by atoms with Crippen LogP contribution in [0.4, 0.5) is 5.69 Å². The fraction of sp³-hybridized carbons (Fsp3) is 0.562. The first-order chi connectivity index (χ1) is 9.25. The second-order valence-electron chi connectivity index (χ2n) is 5.41. The third-order valence-electron chi connectivity index (χ3n) is 3.63. The van der Waals surface area contributed by atoms with Crippen molar-refractivity contribution in [2.75, 3.05) is 18.4 Å². The molecule has 1 aromatic rings. The maximum atomic E-state index is 12.2. The van der Waals surface area contributed by atoms with Gasteiger partial charge in [0.2, 0.25) is 5.91 Å². The van der Waals surface area contributed by atoms with E-state index in [1.54, 1.807) is 0 Å². The van der Waals surface area contributed by atoms with Gasteiger partial charge in [-0.1, -0.05) is 31.0 Å². The number of nitrogens with one attached hydrogen (secondary N) is 1. The molecule has 1 fully saturated rings. The average molecular weight is 260 g/mol. The molecular formula is C16H24N2O. The molecule has 19 heavy (non-hydrogen) atoms. The molecule has 0 unspecified atom stereocenters. The Bertz CT molecular complexity index is 383. The maximum Gasteiger partial charge on any atom is 0.224 e. The zero-order valence-corrected chi connectivity index (χ0v) is 11.8. The fourth-order valence-corrected chi connectivity index (χ4v) is 2.58. The normalized spacial score (nSPS) is 17.6. The number of nitrogens with zero attached hydrogens (tertiary/aromatic N) is 1. The van der Waals surface area contributed by atoms with Crippen LogP contribution in [0.2, 0.25) is 0 Å². The van der Waals surface area contributed by atoms with Crippen LogP contribution in [0.1, 0.15) is 39.0 Å². The summed E-state index contributed by atoms with van der Waals surface area (Å²) in [6, 6.07) is 10.3. The van der Waals surface area contributed by atoms with Crippen LogP contribution in [0, 0.1) is 0 Å². The summed E-state index contributed by atoms with van der Waals surface area (Å²) in [5.41, 5.74) is 1.08. The topological polar surface area (TPSA) is 32.3 Å². The smallest absolute Gasteiger partial charge is 0.224 e. The molecule has 1 atom stereocenters. The first kappa shape index (κ1) is 13.9. The maximum absolute atomic E-state index is 12.2. The molecule has 3 nitrogen and oxygen atoms in total. The van der Waals surface area contributed by atoms with E-state index in [2.05, 4.69) is 12.2 Å². The van der Waals surface area contributed by atoms with Crippen LogP contribution in [0.15, 0.2) is 30.3 Å². The standard InChI is InChI=1S/C16H24N2O/c1-14(17-15-9-5-4-6-10-15)13-16(19)18-11-7-2-3-8-12-18/h4-6,9-10,14,17H,2-3,7-8,11-13H2,1H3/t14-/m0/s1. The van der Waals surface area contributed by atoms with Gasteiger partial charge in [0.15, 0.2) is 0 Å². The van der Waals surface area contributed by atoms with E-state index in [0.29, 0.717) is 6.42 Å². The van der Waals surface area contributed by atoms with E-state index in [-0.39, 0.29) is 11.9 Å². The van der Waals surface area contributed by atoms with Crippen molar-refractivity contribution in [3.8, 4) is 0 Å². The lowest BCUT2D eigenvalue weighted by Crippen LogP contribution is -2.35. The van der Waals surface area contributed by atoms with Crippen molar-refractivity contribution in [2.45, 2.75) is 45.1 Å². The summed E-state index contributed by atoms with van der Waals surface area (Å²) >= 11 is 0. The second kappa shape index (κ2) is 7.17. The summed E-state index contributed by atoms with van der Waals surface area (Å²) in [6.07, 6.45) is 5.43. The number of amides is 1. The largest absolute Gasteiger partial charge is 0.382 e. The number of likely N-dealkylation sites (tertiary alicyclic amines) is 1. The second-order valence-corrected chi connectivity index (χ2v) is 5.41. The Morgan fingerprint density at radius 2 is 1.79 bits per heavy atom. The molecule has 0 radical (unpaired) electrons. The van der Waals surface area contributed by atoms with Crippen LogP contribution in [0.5, 0.6) is 0 Å². The van der Waals surface area contributed by atoms with Crippen molar-refractivity contribution < 1.29 is 4.79 Å². The number of hydrogen-bond acceptors (Lipinski definition) is 2. The Labute approximate surface area is 116 Å². The van der Waals surface area contributed by atoms with Gasteiger partial charge in [0.1, 0.15) is 0 Å². The predicted octanol–water partition coefficient (Wildman–Crippen LogP) is 3.28. The number of carbonyl (C=O) groups is 1. The van der Waals surface area contributed by atoms with Gasteiger partial charge in [-0.15, -0.1) is 0 Å². The van der Waals surface area contributed by atoms with Crippen LogP contribution >= 0.6 is 0 Å².